The maximum atomic E-state index is 2.58. The van der Waals surface area contributed by atoms with E-state index in [4.69, 9.17) is 0 Å². The van der Waals surface area contributed by atoms with E-state index in [1.54, 1.807) is 0 Å². The van der Waals surface area contributed by atoms with E-state index in [-0.39, 0.29) is 16.2 Å². The van der Waals surface area contributed by atoms with Gasteiger partial charge in [-0.2, -0.15) is 0 Å². The van der Waals surface area contributed by atoms with Crippen LogP contribution >= 0.6 is 0 Å². The van der Waals surface area contributed by atoms with Gasteiger partial charge in [0.15, 0.2) is 0 Å². The number of nitrogens with zero attached hydrogens (tertiary/aromatic N) is 2. The number of anilines is 6. The topological polar surface area (TPSA) is 6.48 Å². The van der Waals surface area contributed by atoms with Crippen LogP contribution in [0.3, 0.4) is 0 Å². The standard InChI is InChI=1S/C59H46N2/c1-57(2)43-22-8-7-17-35(43)42-33-54-48(34-47(42)57)59(5,6)46-25-11-14-28-53(46)61(54)50-32-30-39-36-18-15-20-40-49(31-29-38(55(36)40)37-19-16-21-41(50)56(37)39)60-51-26-12-9-23-44(51)58(3,4)45-24-10-13-27-52(45)60/h7-34H,1-6H3. The van der Waals surface area contributed by atoms with Crippen molar-refractivity contribution in [3.8, 4) is 11.1 Å². The number of fused-ring (bicyclic) bond motifs is 9. The molecule has 1 aliphatic carbocycles. The average Bonchev–Trinajstić information content (AvgIpc) is 3.50. The molecule has 0 unspecified atom stereocenters. The third-order valence-electron chi connectivity index (χ3n) is 15.2. The first-order valence-corrected chi connectivity index (χ1v) is 21.9. The van der Waals surface area contributed by atoms with Crippen LogP contribution in [-0.2, 0) is 16.2 Å². The summed E-state index contributed by atoms with van der Waals surface area (Å²) in [5.74, 6) is 0. The summed E-state index contributed by atoms with van der Waals surface area (Å²) < 4.78 is 0. The molecule has 0 amide bonds. The molecule has 2 aliphatic heterocycles. The largest absolute Gasteiger partial charge is 0.309 e. The molecule has 292 valence electrons. The summed E-state index contributed by atoms with van der Waals surface area (Å²) in [6.07, 6.45) is 0. The zero-order valence-electron chi connectivity index (χ0n) is 35.6. The normalized spacial score (nSPS) is 16.4. The molecule has 0 aromatic heterocycles. The van der Waals surface area contributed by atoms with Crippen molar-refractivity contribution < 1.29 is 0 Å². The third kappa shape index (κ3) is 4.32. The fourth-order valence-corrected chi connectivity index (χ4v) is 12.2. The highest BCUT2D eigenvalue weighted by Crippen LogP contribution is 2.59. The summed E-state index contributed by atoms with van der Waals surface area (Å²) in [4.78, 5) is 5.10. The van der Waals surface area contributed by atoms with Gasteiger partial charge in [0.05, 0.1) is 34.1 Å². The van der Waals surface area contributed by atoms with Gasteiger partial charge >= 0.3 is 0 Å². The second-order valence-electron chi connectivity index (χ2n) is 19.3. The monoisotopic (exact) mass is 782 g/mol. The number of rotatable bonds is 2. The molecule has 3 aliphatic rings. The van der Waals surface area contributed by atoms with Crippen molar-refractivity contribution in [1.82, 2.24) is 0 Å². The third-order valence-corrected chi connectivity index (χ3v) is 15.2. The lowest BCUT2D eigenvalue weighted by Gasteiger charge is -2.43. The van der Waals surface area contributed by atoms with Crippen molar-refractivity contribution in [2.24, 2.45) is 0 Å². The lowest BCUT2D eigenvalue weighted by atomic mass is 9.71. The maximum Gasteiger partial charge on any atom is 0.0540 e. The van der Waals surface area contributed by atoms with Crippen molar-refractivity contribution >= 4 is 77.2 Å². The zero-order valence-corrected chi connectivity index (χ0v) is 35.6. The highest BCUT2D eigenvalue weighted by molar-refractivity contribution is 6.35. The molecule has 0 fully saturated rings. The Bertz CT molecular complexity index is 3460. The second-order valence-corrected chi connectivity index (χ2v) is 19.3. The van der Waals surface area contributed by atoms with Gasteiger partial charge in [0, 0.05) is 27.0 Å². The molecule has 0 bridgehead atoms. The van der Waals surface area contributed by atoms with E-state index < -0.39 is 0 Å². The van der Waals surface area contributed by atoms with Crippen LogP contribution in [0.15, 0.2) is 170 Å². The van der Waals surface area contributed by atoms with Crippen LogP contribution in [0.25, 0.3) is 54.2 Å². The Kier molecular flexibility index (Phi) is 6.68. The van der Waals surface area contributed by atoms with Crippen molar-refractivity contribution in [3.63, 3.8) is 0 Å². The summed E-state index contributed by atoms with van der Waals surface area (Å²) >= 11 is 0. The number of para-hydroxylation sites is 3. The lowest BCUT2D eigenvalue weighted by molar-refractivity contribution is 0.620. The molecule has 61 heavy (non-hydrogen) atoms. The Morgan fingerprint density at radius 1 is 0.262 bits per heavy atom. The van der Waals surface area contributed by atoms with Gasteiger partial charge in [-0.15, -0.1) is 0 Å². The summed E-state index contributed by atoms with van der Waals surface area (Å²) in [7, 11) is 0. The van der Waals surface area contributed by atoms with Gasteiger partial charge in [-0.1, -0.05) is 175 Å². The molecule has 10 aromatic carbocycles. The Balaban J connectivity index is 1.07. The van der Waals surface area contributed by atoms with Crippen LogP contribution < -0.4 is 9.80 Å². The van der Waals surface area contributed by atoms with Crippen LogP contribution in [-0.4, -0.2) is 0 Å². The Morgan fingerprint density at radius 2 is 0.656 bits per heavy atom. The SMILES string of the molecule is CC1(C)c2ccccc2-c2cc3c(cc21)C(C)(C)c1ccccc1N3c1ccc2c3cccc4c(N5c6ccccc6C(C)(C)c6ccccc65)ccc(c5cccc1c52)c43. The van der Waals surface area contributed by atoms with Crippen LogP contribution in [0, 0.1) is 0 Å². The van der Waals surface area contributed by atoms with Gasteiger partial charge in [0.25, 0.3) is 0 Å². The van der Waals surface area contributed by atoms with Crippen molar-refractivity contribution in [2.45, 2.75) is 57.8 Å². The molecule has 0 spiro atoms. The molecule has 0 atom stereocenters. The van der Waals surface area contributed by atoms with Gasteiger partial charge in [-0.05, 0) is 113 Å². The summed E-state index contributed by atoms with van der Waals surface area (Å²) in [6.45, 7) is 14.3. The molecular formula is C59H46N2. The highest BCUT2D eigenvalue weighted by Gasteiger charge is 2.43. The van der Waals surface area contributed by atoms with E-state index in [1.807, 2.05) is 0 Å². The zero-order chi connectivity index (χ0) is 41.2. The molecule has 0 saturated carbocycles. The Hall–Kier alpha value is -6.90. The molecule has 10 aromatic rings. The van der Waals surface area contributed by atoms with E-state index in [9.17, 15) is 0 Å². The van der Waals surface area contributed by atoms with E-state index in [2.05, 4.69) is 221 Å². The quantitative estimate of drug-likeness (QED) is 0.127. The number of benzene rings is 10. The molecule has 0 saturated heterocycles. The first-order chi connectivity index (χ1) is 29.6. The minimum atomic E-state index is -0.188. The summed E-state index contributed by atoms with van der Waals surface area (Å²) in [5, 5.41) is 10.3. The average molecular weight is 783 g/mol. The summed E-state index contributed by atoms with van der Waals surface area (Å²) in [6, 6.07) is 64.6. The van der Waals surface area contributed by atoms with E-state index in [1.165, 1.54) is 122 Å². The van der Waals surface area contributed by atoms with Crippen LogP contribution in [0.4, 0.5) is 34.1 Å². The van der Waals surface area contributed by atoms with Crippen molar-refractivity contribution in [1.29, 1.82) is 0 Å². The van der Waals surface area contributed by atoms with E-state index in [0.717, 1.165) is 0 Å². The highest BCUT2D eigenvalue weighted by atomic mass is 15.2. The predicted molar refractivity (Wildman–Crippen MR) is 259 cm³/mol. The first-order valence-electron chi connectivity index (χ1n) is 21.9. The fourth-order valence-electron chi connectivity index (χ4n) is 12.2. The van der Waals surface area contributed by atoms with Gasteiger partial charge in [0.2, 0.25) is 0 Å². The smallest absolute Gasteiger partial charge is 0.0540 e. The van der Waals surface area contributed by atoms with Gasteiger partial charge in [-0.3, -0.25) is 0 Å². The van der Waals surface area contributed by atoms with Crippen LogP contribution in [0.1, 0.15) is 74.9 Å². The molecule has 2 heteroatoms. The summed E-state index contributed by atoms with van der Waals surface area (Å²) in [5.41, 5.74) is 18.0. The van der Waals surface area contributed by atoms with Crippen LogP contribution in [0.5, 0.6) is 0 Å². The molecule has 13 rings (SSSR count). The lowest BCUT2D eigenvalue weighted by Crippen LogP contribution is -2.31. The number of hydrogen-bond acceptors (Lipinski definition) is 2. The molecule has 2 heterocycles. The second kappa shape index (κ2) is 11.7. The number of hydrogen-bond donors (Lipinski definition) is 0. The van der Waals surface area contributed by atoms with Gasteiger partial charge in [-0.25, -0.2) is 0 Å². The molecule has 0 N–H and O–H groups in total. The fraction of sp³-hybridized carbons (Fsp3) is 0.153. The van der Waals surface area contributed by atoms with Crippen LogP contribution in [0.2, 0.25) is 0 Å². The van der Waals surface area contributed by atoms with E-state index in [0.29, 0.717) is 0 Å². The Morgan fingerprint density at radius 3 is 1.18 bits per heavy atom. The van der Waals surface area contributed by atoms with Crippen molar-refractivity contribution in [2.75, 3.05) is 9.80 Å². The molecule has 0 radical (unpaired) electrons. The minimum Gasteiger partial charge on any atom is -0.309 e. The van der Waals surface area contributed by atoms with Gasteiger partial charge < -0.3 is 9.80 Å². The van der Waals surface area contributed by atoms with Gasteiger partial charge in [0.1, 0.15) is 0 Å². The maximum absolute atomic E-state index is 2.58. The predicted octanol–water partition coefficient (Wildman–Crippen LogP) is 16.3. The van der Waals surface area contributed by atoms with Crippen molar-refractivity contribution in [3.05, 3.63) is 203 Å². The van der Waals surface area contributed by atoms with E-state index >= 15 is 0 Å². The molecule has 2 nitrogen and oxygen atoms in total. The minimum absolute atomic E-state index is 0.0787. The Labute approximate surface area is 357 Å². The molecular weight excluding hydrogens is 737 g/mol. The first kappa shape index (κ1) is 34.9.